The molecule has 3 aromatic rings. The molecular weight excluding hydrogens is 718 g/mol. The summed E-state index contributed by atoms with van der Waals surface area (Å²) in [5, 5.41) is 42.4. The maximum absolute atomic E-state index is 13.6. The van der Waals surface area contributed by atoms with Crippen molar-refractivity contribution >= 4 is 75.0 Å². The van der Waals surface area contributed by atoms with Gasteiger partial charge in [0.25, 0.3) is 11.5 Å². The molecule has 2 aliphatic heterocycles. The predicted octanol–water partition coefficient (Wildman–Crippen LogP) is -0.823. The summed E-state index contributed by atoms with van der Waals surface area (Å²) in [5.41, 5.74) is -0.318. The Bertz CT molecular complexity index is 1970. The zero-order valence-corrected chi connectivity index (χ0v) is 28.4. The number of aliphatic hydroxyl groups is 2. The number of aromatic nitrogens is 1. The Morgan fingerprint density at radius 3 is 2.14 bits per heavy atom. The van der Waals surface area contributed by atoms with Gasteiger partial charge in [0, 0.05) is 23.5 Å². The molecule has 5 rings (SSSR count). The van der Waals surface area contributed by atoms with E-state index in [1.54, 1.807) is 13.8 Å². The minimum absolute atomic E-state index is 0. The molecule has 3 heterocycles. The average Bonchev–Trinajstić information content (AvgIpc) is 3.33. The molecule has 19 heteroatoms. The van der Waals surface area contributed by atoms with E-state index < -0.39 is 80.7 Å². The molecule has 16 nitrogen and oxygen atoms in total. The molecule has 0 bridgehead atoms. The van der Waals surface area contributed by atoms with Crippen LogP contribution in [0.5, 0.6) is 5.75 Å². The summed E-state index contributed by atoms with van der Waals surface area (Å²) in [6.07, 6.45) is 0. The Labute approximate surface area is 318 Å². The average molecular weight is 754 g/mol. The second-order valence-corrected chi connectivity index (χ2v) is 15.8. The van der Waals surface area contributed by atoms with Crippen molar-refractivity contribution in [1.82, 2.24) is 24.8 Å². The first-order valence-electron chi connectivity index (χ1n) is 15.3. The molecule has 0 aliphatic carbocycles. The van der Waals surface area contributed by atoms with Crippen molar-refractivity contribution in [2.45, 2.75) is 47.0 Å². The van der Waals surface area contributed by atoms with E-state index in [0.29, 0.717) is 5.56 Å². The van der Waals surface area contributed by atoms with Crippen LogP contribution in [0.1, 0.15) is 35.8 Å². The van der Waals surface area contributed by atoms with Gasteiger partial charge in [-0.1, -0.05) is 24.3 Å². The third-order valence-corrected chi connectivity index (χ3v) is 11.9. The van der Waals surface area contributed by atoms with Crippen molar-refractivity contribution in [3.63, 3.8) is 0 Å². The normalized spacial score (nSPS) is 19.7. The predicted molar refractivity (Wildman–Crippen MR) is 187 cm³/mol. The third-order valence-electron chi connectivity index (χ3n) is 8.39. The Morgan fingerprint density at radius 2 is 1.59 bits per heavy atom. The molecule has 0 saturated carbocycles. The van der Waals surface area contributed by atoms with Crippen LogP contribution in [0.2, 0.25) is 0 Å². The Balaban J connectivity index is 0.00000583. The van der Waals surface area contributed by atoms with Crippen LogP contribution in [0.15, 0.2) is 70.4 Å². The van der Waals surface area contributed by atoms with E-state index in [9.17, 15) is 52.8 Å². The molecule has 1 unspecified atom stereocenters. The number of rotatable bonds is 13. The first-order chi connectivity index (χ1) is 23.6. The van der Waals surface area contributed by atoms with Gasteiger partial charge in [0.15, 0.2) is 0 Å². The molecule has 268 valence electrons. The molecular formula is C32H36N5NaO11S2. The molecule has 2 aromatic carbocycles. The number of pyridine rings is 1. The fourth-order valence-electron chi connectivity index (χ4n) is 5.91. The number of fused-ring (bicyclic) bond motifs is 1. The number of H-pyrrole nitrogens is 1. The van der Waals surface area contributed by atoms with Crippen molar-refractivity contribution < 1.29 is 48.0 Å². The van der Waals surface area contributed by atoms with Gasteiger partial charge in [0.05, 0.1) is 18.1 Å². The Kier molecular flexibility index (Phi) is 12.5. The number of nitrogens with zero attached hydrogens (tertiary/aromatic N) is 2. The number of carbonyl (C=O) groups excluding carboxylic acids is 3. The van der Waals surface area contributed by atoms with Crippen LogP contribution in [0.4, 0.5) is 0 Å². The number of β-lactam (4-membered cyclic amide) rings is 1. The van der Waals surface area contributed by atoms with E-state index in [1.807, 2.05) is 0 Å². The van der Waals surface area contributed by atoms with E-state index >= 15 is 0 Å². The van der Waals surface area contributed by atoms with Gasteiger partial charge in [-0.3, -0.25) is 19.2 Å². The van der Waals surface area contributed by atoms with Gasteiger partial charge in [-0.25, -0.2) is 13.2 Å². The number of aromatic amines is 1. The number of hydrogen-bond acceptors (Lipinski definition) is 11. The number of nitrogens with one attached hydrogen (secondary N) is 3. The number of benzene rings is 2. The summed E-state index contributed by atoms with van der Waals surface area (Å²) in [4.78, 5) is 68.6. The number of aliphatic carboxylic acids is 1. The first kappa shape index (κ1) is 40.0. The maximum atomic E-state index is 13.6. The Morgan fingerprint density at radius 1 is 0.980 bits per heavy atom. The quantitative estimate of drug-likeness (QED) is 0.0836. The number of amides is 3. The van der Waals surface area contributed by atoms with E-state index in [0.717, 1.165) is 4.31 Å². The van der Waals surface area contributed by atoms with Gasteiger partial charge in [-0.2, -0.15) is 4.31 Å². The molecule has 2 saturated heterocycles. The number of sulfonamides is 1. The molecule has 2 fully saturated rings. The summed E-state index contributed by atoms with van der Waals surface area (Å²) in [6.45, 7) is 2.09. The molecule has 0 radical (unpaired) electrons. The number of aromatic hydroxyl groups is 1. The van der Waals surface area contributed by atoms with Crippen LogP contribution in [0, 0.1) is 0 Å². The van der Waals surface area contributed by atoms with Crippen LogP contribution in [0.3, 0.4) is 0 Å². The molecule has 2 aliphatic rings. The minimum atomic E-state index is -4.02. The SMILES string of the molecule is CC1(C)S[C@@H]2[C@H](NC(=O)C(NC(=O)c3ccc(-c4ccc(S(=O)(=O)N(CCO)CCO)cc4)[nH]c3=O)c3ccc(O)cc3)C(=O)N2[C@H]1C(=O)O.[NaH]. The third kappa shape index (κ3) is 8.02. The van der Waals surface area contributed by atoms with Crippen molar-refractivity contribution in [1.29, 1.82) is 0 Å². The van der Waals surface area contributed by atoms with Crippen LogP contribution < -0.4 is 16.2 Å². The number of phenols is 1. The van der Waals surface area contributed by atoms with E-state index in [2.05, 4.69) is 15.6 Å². The number of carboxylic acids is 1. The summed E-state index contributed by atoms with van der Waals surface area (Å²) in [6, 6.07) is 9.86. The van der Waals surface area contributed by atoms with Crippen molar-refractivity contribution in [2.75, 3.05) is 26.3 Å². The summed E-state index contributed by atoms with van der Waals surface area (Å²) >= 11 is 1.23. The number of carboxylic acid groups (broad SMARTS) is 1. The van der Waals surface area contributed by atoms with Gasteiger partial charge in [0.2, 0.25) is 21.8 Å². The van der Waals surface area contributed by atoms with Gasteiger partial charge in [-0.05, 0) is 61.4 Å². The standard InChI is InChI=1S/C32H35N5O11S2.Na.H/c1-32(2)25(31(45)46)37-29(44)24(30(37)49-32)35-28(43)23(18-3-7-19(40)8-4-18)34-27(42)21-11-12-22(33-26(21)41)17-5-9-20(10-6-17)50(47,48)36(13-15-38)14-16-39;;/h3-12,23-25,30,38-40H,13-16H2,1-2H3,(H,33,41)(H,34,42)(H,35,43)(H,45,46);;/t23?,24-,25+,30-;;/m1../s1. The number of thioether (sulfide) groups is 1. The van der Waals surface area contributed by atoms with Gasteiger partial charge in [-0.15, -0.1) is 11.8 Å². The molecule has 3 amide bonds. The van der Waals surface area contributed by atoms with E-state index in [-0.39, 0.29) is 70.1 Å². The van der Waals surface area contributed by atoms with Crippen LogP contribution >= 0.6 is 11.8 Å². The monoisotopic (exact) mass is 753 g/mol. The number of hydrogen-bond donors (Lipinski definition) is 7. The van der Waals surface area contributed by atoms with Crippen molar-refractivity contribution in [3.8, 4) is 17.0 Å². The summed E-state index contributed by atoms with van der Waals surface area (Å²) in [5.74, 6) is -3.62. The van der Waals surface area contributed by atoms with Crippen LogP contribution in [-0.2, 0) is 24.4 Å². The second kappa shape index (κ2) is 15.9. The van der Waals surface area contributed by atoms with E-state index in [1.165, 1.54) is 77.3 Å². The summed E-state index contributed by atoms with van der Waals surface area (Å²) in [7, 11) is -4.02. The van der Waals surface area contributed by atoms with Crippen molar-refractivity contribution in [2.24, 2.45) is 0 Å². The molecule has 7 N–H and O–H groups in total. The fourth-order valence-corrected chi connectivity index (χ4v) is 8.96. The van der Waals surface area contributed by atoms with Gasteiger partial charge in [0.1, 0.15) is 34.8 Å². The van der Waals surface area contributed by atoms with Crippen molar-refractivity contribution in [3.05, 3.63) is 82.1 Å². The molecule has 0 spiro atoms. The molecule has 1 aromatic heterocycles. The zero-order valence-electron chi connectivity index (χ0n) is 26.8. The number of aliphatic hydroxyl groups excluding tert-OH is 2. The first-order valence-corrected chi connectivity index (χ1v) is 17.6. The number of carbonyl (C=O) groups is 4. The second-order valence-electron chi connectivity index (χ2n) is 12.1. The zero-order chi connectivity index (χ0) is 36.5. The van der Waals surface area contributed by atoms with Crippen LogP contribution in [-0.4, -0.2) is 145 Å². The molecule has 4 atom stereocenters. The van der Waals surface area contributed by atoms with Gasteiger partial charge >= 0.3 is 35.5 Å². The summed E-state index contributed by atoms with van der Waals surface area (Å²) < 4.78 is 25.9. The fraction of sp³-hybridized carbons (Fsp3) is 0.344. The van der Waals surface area contributed by atoms with Gasteiger partial charge < -0.3 is 40.9 Å². The molecule has 51 heavy (non-hydrogen) atoms. The number of phenolic OH excluding ortho intramolecular Hbond substituents is 1. The van der Waals surface area contributed by atoms with E-state index in [4.69, 9.17) is 0 Å². The topological polar surface area (TPSA) is 247 Å². The van der Waals surface area contributed by atoms with Crippen LogP contribution in [0.25, 0.3) is 11.3 Å². The Hall–Kier alpha value is -3.75.